The van der Waals surface area contributed by atoms with Crippen LogP contribution in [0.25, 0.3) is 0 Å². The second-order valence-corrected chi connectivity index (χ2v) is 7.67. The minimum Gasteiger partial charge on any atom is -0.476 e. The summed E-state index contributed by atoms with van der Waals surface area (Å²) in [6.07, 6.45) is 5.36. The molecule has 2 bridgehead atoms. The SMILES string of the molecule is N#Cc1cnc(OCC2CC(C(=O)NCc3c(F)cccc3F)C3CC2C3)cn1. The standard InChI is InChI=1S/C21H20F2N4O2/c22-18-2-1-3-19(23)17(18)9-27-21(28)16-6-14(12-4-13(16)5-12)11-29-20-10-25-15(7-24)8-26-20/h1-3,8,10,12-14,16H,4-6,9,11H2,(H,27,28). The van der Waals surface area contributed by atoms with Crippen LogP contribution in [0.15, 0.2) is 30.6 Å². The van der Waals surface area contributed by atoms with E-state index in [-0.39, 0.29) is 35.5 Å². The van der Waals surface area contributed by atoms with Gasteiger partial charge >= 0.3 is 0 Å². The van der Waals surface area contributed by atoms with E-state index >= 15 is 0 Å². The molecule has 2 atom stereocenters. The fraction of sp³-hybridized carbons (Fsp3) is 0.429. The number of carbonyl (C=O) groups is 1. The number of ether oxygens (including phenoxy) is 1. The Balaban J connectivity index is 1.33. The van der Waals surface area contributed by atoms with Gasteiger partial charge in [0.2, 0.25) is 11.8 Å². The van der Waals surface area contributed by atoms with E-state index in [1.165, 1.54) is 30.6 Å². The number of halogens is 2. The number of rotatable bonds is 6. The van der Waals surface area contributed by atoms with Gasteiger partial charge in [0.1, 0.15) is 17.7 Å². The highest BCUT2D eigenvalue weighted by Gasteiger charge is 2.48. The molecule has 3 aliphatic rings. The van der Waals surface area contributed by atoms with Crippen molar-refractivity contribution in [1.82, 2.24) is 15.3 Å². The second-order valence-electron chi connectivity index (χ2n) is 7.67. The summed E-state index contributed by atoms with van der Waals surface area (Å²) < 4.78 is 33.2. The van der Waals surface area contributed by atoms with Gasteiger partial charge < -0.3 is 10.1 Å². The molecule has 2 unspecified atom stereocenters. The molecule has 3 fully saturated rings. The maximum atomic E-state index is 13.8. The van der Waals surface area contributed by atoms with Crippen LogP contribution in [0.5, 0.6) is 5.88 Å². The molecule has 1 aromatic carbocycles. The number of carbonyl (C=O) groups excluding carboxylic acids is 1. The highest BCUT2D eigenvalue weighted by Crippen LogP contribution is 2.52. The molecule has 29 heavy (non-hydrogen) atoms. The Morgan fingerprint density at radius 1 is 1.17 bits per heavy atom. The monoisotopic (exact) mass is 398 g/mol. The zero-order valence-electron chi connectivity index (χ0n) is 15.6. The maximum absolute atomic E-state index is 13.8. The lowest BCUT2D eigenvalue weighted by Gasteiger charge is -2.50. The van der Waals surface area contributed by atoms with Gasteiger partial charge in [-0.2, -0.15) is 5.26 Å². The Labute approximate surface area is 166 Å². The van der Waals surface area contributed by atoms with E-state index < -0.39 is 11.6 Å². The van der Waals surface area contributed by atoms with Crippen LogP contribution in [0.2, 0.25) is 0 Å². The minimum absolute atomic E-state index is 0.123. The predicted octanol–water partition coefficient (Wildman–Crippen LogP) is 2.98. The van der Waals surface area contributed by atoms with Crippen LogP contribution in [0.1, 0.15) is 30.5 Å². The lowest BCUT2D eigenvalue weighted by atomic mass is 9.55. The van der Waals surface area contributed by atoms with Crippen molar-refractivity contribution in [3.8, 4) is 11.9 Å². The molecule has 6 nitrogen and oxygen atoms in total. The summed E-state index contributed by atoms with van der Waals surface area (Å²) in [6, 6.07) is 5.56. The fourth-order valence-electron chi connectivity index (χ4n) is 4.31. The first-order chi connectivity index (χ1) is 14.0. The highest BCUT2D eigenvalue weighted by molar-refractivity contribution is 5.79. The Hall–Kier alpha value is -3.08. The first kappa shape index (κ1) is 19.2. The zero-order chi connectivity index (χ0) is 20.4. The number of fused-ring (bicyclic) bond motifs is 2. The molecule has 5 rings (SSSR count). The number of amides is 1. The smallest absolute Gasteiger partial charge is 0.232 e. The van der Waals surface area contributed by atoms with Crippen molar-refractivity contribution in [3.05, 3.63) is 53.5 Å². The molecule has 0 spiro atoms. The van der Waals surface area contributed by atoms with Crippen LogP contribution in [-0.4, -0.2) is 22.5 Å². The Kier molecular flexibility index (Phi) is 5.38. The zero-order valence-corrected chi connectivity index (χ0v) is 15.6. The van der Waals surface area contributed by atoms with E-state index in [4.69, 9.17) is 10.00 Å². The molecule has 3 saturated carbocycles. The minimum atomic E-state index is -0.660. The second kappa shape index (κ2) is 8.11. The first-order valence-electron chi connectivity index (χ1n) is 9.60. The van der Waals surface area contributed by atoms with Gasteiger partial charge in [0.25, 0.3) is 0 Å². The Bertz CT molecular complexity index is 918. The molecule has 1 heterocycles. The number of hydrogen-bond donors (Lipinski definition) is 1. The number of nitriles is 1. The van der Waals surface area contributed by atoms with E-state index in [2.05, 4.69) is 15.3 Å². The lowest BCUT2D eigenvalue weighted by Crippen LogP contribution is -2.49. The van der Waals surface area contributed by atoms with Gasteiger partial charge in [-0.1, -0.05) is 6.07 Å². The summed E-state index contributed by atoms with van der Waals surface area (Å²) in [5, 5.41) is 11.5. The average Bonchev–Trinajstić information content (AvgIpc) is 2.71. The summed E-state index contributed by atoms with van der Waals surface area (Å²) >= 11 is 0. The number of nitrogens with zero attached hydrogens (tertiary/aromatic N) is 3. The van der Waals surface area contributed by atoms with Gasteiger partial charge in [0, 0.05) is 18.0 Å². The van der Waals surface area contributed by atoms with E-state index in [1.54, 1.807) is 0 Å². The molecule has 0 saturated heterocycles. The van der Waals surface area contributed by atoms with Crippen LogP contribution in [-0.2, 0) is 11.3 Å². The molecule has 2 aromatic rings. The van der Waals surface area contributed by atoms with Crippen LogP contribution >= 0.6 is 0 Å². The van der Waals surface area contributed by atoms with Gasteiger partial charge in [-0.05, 0) is 49.1 Å². The average molecular weight is 398 g/mol. The van der Waals surface area contributed by atoms with Crippen LogP contribution in [0.3, 0.4) is 0 Å². The molecule has 1 N–H and O–H groups in total. The van der Waals surface area contributed by atoms with Gasteiger partial charge in [0.05, 0.1) is 19.0 Å². The summed E-state index contributed by atoms with van der Waals surface area (Å²) in [7, 11) is 0. The third-order valence-corrected chi connectivity index (χ3v) is 6.03. The number of nitrogens with one attached hydrogen (secondary N) is 1. The predicted molar refractivity (Wildman–Crippen MR) is 98.3 cm³/mol. The van der Waals surface area contributed by atoms with Crippen LogP contribution < -0.4 is 10.1 Å². The van der Waals surface area contributed by atoms with Gasteiger partial charge in [0.15, 0.2) is 5.69 Å². The van der Waals surface area contributed by atoms with Gasteiger partial charge in [-0.25, -0.2) is 18.7 Å². The Morgan fingerprint density at radius 2 is 1.93 bits per heavy atom. The molecule has 1 amide bonds. The quantitative estimate of drug-likeness (QED) is 0.808. The van der Waals surface area contributed by atoms with Crippen molar-refractivity contribution in [1.29, 1.82) is 5.26 Å². The van der Waals surface area contributed by atoms with Gasteiger partial charge in [-0.15, -0.1) is 0 Å². The van der Waals surface area contributed by atoms with Crippen LogP contribution in [0, 0.1) is 46.6 Å². The first-order valence-corrected chi connectivity index (χ1v) is 9.60. The number of benzene rings is 1. The molecule has 0 aliphatic heterocycles. The lowest BCUT2D eigenvalue weighted by molar-refractivity contribution is -0.135. The summed E-state index contributed by atoms with van der Waals surface area (Å²) in [6.45, 7) is 0.260. The molecule has 1 aromatic heterocycles. The van der Waals surface area contributed by atoms with E-state index in [9.17, 15) is 13.6 Å². The van der Waals surface area contributed by atoms with Gasteiger partial charge in [-0.3, -0.25) is 4.79 Å². The molecule has 150 valence electrons. The van der Waals surface area contributed by atoms with E-state index in [0.29, 0.717) is 30.7 Å². The van der Waals surface area contributed by atoms with Crippen LogP contribution in [0.4, 0.5) is 8.78 Å². The Morgan fingerprint density at radius 3 is 2.59 bits per heavy atom. The van der Waals surface area contributed by atoms with Crippen molar-refractivity contribution >= 4 is 5.91 Å². The number of aromatic nitrogens is 2. The van der Waals surface area contributed by atoms with E-state index in [0.717, 1.165) is 12.8 Å². The topological polar surface area (TPSA) is 87.9 Å². The number of hydrogen-bond acceptors (Lipinski definition) is 5. The van der Waals surface area contributed by atoms with E-state index in [1.807, 2.05) is 6.07 Å². The van der Waals surface area contributed by atoms with Crippen molar-refractivity contribution < 1.29 is 18.3 Å². The summed E-state index contributed by atoms with van der Waals surface area (Å²) in [4.78, 5) is 20.6. The normalized spacial score (nSPS) is 24.9. The summed E-state index contributed by atoms with van der Waals surface area (Å²) in [5.74, 6) is -0.287. The fourth-order valence-corrected chi connectivity index (χ4v) is 4.31. The third-order valence-electron chi connectivity index (χ3n) is 6.03. The van der Waals surface area contributed by atoms with Crippen molar-refractivity contribution in [2.75, 3.05) is 6.61 Å². The van der Waals surface area contributed by atoms with Crippen molar-refractivity contribution in [2.45, 2.75) is 25.8 Å². The summed E-state index contributed by atoms with van der Waals surface area (Å²) in [5.41, 5.74) is 0.0993. The molecular weight excluding hydrogens is 378 g/mol. The molecule has 3 aliphatic carbocycles. The van der Waals surface area contributed by atoms with Crippen molar-refractivity contribution in [3.63, 3.8) is 0 Å². The third kappa shape index (κ3) is 4.04. The maximum Gasteiger partial charge on any atom is 0.232 e. The molecule has 0 radical (unpaired) electrons. The molecule has 8 heteroatoms. The highest BCUT2D eigenvalue weighted by atomic mass is 19.1. The molecular formula is C21H20F2N4O2. The largest absolute Gasteiger partial charge is 0.476 e. The van der Waals surface area contributed by atoms with Crippen molar-refractivity contribution in [2.24, 2.45) is 23.7 Å².